The molecule has 0 bridgehead atoms. The molecule has 0 heterocycles. The van der Waals surface area contributed by atoms with Crippen LogP contribution in [0.25, 0.3) is 0 Å². The summed E-state index contributed by atoms with van der Waals surface area (Å²) in [6.45, 7) is 3.94. The average molecular weight is 256 g/mol. The van der Waals surface area contributed by atoms with Crippen molar-refractivity contribution in [2.75, 3.05) is 13.1 Å². The van der Waals surface area contributed by atoms with Crippen LogP contribution < -0.4 is 5.73 Å². The molecule has 0 aromatic rings. The van der Waals surface area contributed by atoms with E-state index >= 15 is 0 Å². The van der Waals surface area contributed by atoms with Crippen LogP contribution >= 0.6 is 0 Å². The zero-order chi connectivity index (χ0) is 13.8. The van der Waals surface area contributed by atoms with E-state index in [-0.39, 0.29) is 18.5 Å². The number of carbonyl (C=O) groups excluding carboxylic acids is 1. The van der Waals surface area contributed by atoms with Crippen LogP contribution in [0.15, 0.2) is 0 Å². The highest BCUT2D eigenvalue weighted by molar-refractivity contribution is 5.86. The van der Waals surface area contributed by atoms with Gasteiger partial charge in [0.15, 0.2) is 0 Å². The Morgan fingerprint density at radius 1 is 1.39 bits per heavy atom. The van der Waals surface area contributed by atoms with Crippen LogP contribution in [0.4, 0.5) is 0 Å². The van der Waals surface area contributed by atoms with E-state index in [0.717, 1.165) is 32.1 Å². The molecule has 1 fully saturated rings. The van der Waals surface area contributed by atoms with Gasteiger partial charge in [-0.15, -0.1) is 0 Å². The predicted octanol–water partition coefficient (Wildman–Crippen LogP) is 1.22. The van der Waals surface area contributed by atoms with Crippen LogP contribution in [-0.2, 0) is 9.59 Å². The summed E-state index contributed by atoms with van der Waals surface area (Å²) < 4.78 is 0. The maximum Gasteiger partial charge on any atom is 0.323 e. The Bertz CT molecular complexity index is 311. The maximum atomic E-state index is 12.6. The lowest BCUT2D eigenvalue weighted by Gasteiger charge is -2.36. The first-order valence-corrected chi connectivity index (χ1v) is 6.70. The Morgan fingerprint density at radius 3 is 2.33 bits per heavy atom. The molecule has 1 amide bonds. The van der Waals surface area contributed by atoms with Gasteiger partial charge < -0.3 is 15.7 Å². The van der Waals surface area contributed by atoms with Gasteiger partial charge in [-0.2, -0.15) is 0 Å². The first-order valence-electron chi connectivity index (χ1n) is 6.70. The van der Waals surface area contributed by atoms with Crippen molar-refractivity contribution >= 4 is 11.9 Å². The number of carboxylic acid groups (broad SMARTS) is 1. The minimum absolute atomic E-state index is 0.0578. The Kier molecular flexibility index (Phi) is 5.14. The van der Waals surface area contributed by atoms with Gasteiger partial charge >= 0.3 is 5.97 Å². The first-order chi connectivity index (χ1) is 8.46. The van der Waals surface area contributed by atoms with Crippen LogP contribution in [0, 0.1) is 5.41 Å². The van der Waals surface area contributed by atoms with Crippen LogP contribution in [0.2, 0.25) is 0 Å². The molecule has 5 nitrogen and oxygen atoms in total. The van der Waals surface area contributed by atoms with Crippen molar-refractivity contribution < 1.29 is 14.7 Å². The molecule has 1 aliphatic rings. The molecule has 1 aliphatic carbocycles. The molecule has 104 valence electrons. The van der Waals surface area contributed by atoms with E-state index in [1.807, 2.05) is 13.8 Å². The molecule has 5 heteroatoms. The highest BCUT2D eigenvalue weighted by Crippen LogP contribution is 2.39. The second-order valence-electron chi connectivity index (χ2n) is 5.28. The minimum Gasteiger partial charge on any atom is -0.480 e. The van der Waals surface area contributed by atoms with Gasteiger partial charge in [-0.3, -0.25) is 9.59 Å². The highest BCUT2D eigenvalue weighted by atomic mass is 16.4. The second-order valence-corrected chi connectivity index (χ2v) is 5.28. The predicted molar refractivity (Wildman–Crippen MR) is 69.1 cm³/mol. The second kappa shape index (κ2) is 6.18. The van der Waals surface area contributed by atoms with Crippen molar-refractivity contribution in [1.29, 1.82) is 0 Å². The summed E-state index contributed by atoms with van der Waals surface area (Å²) in [6, 6.07) is -0.0578. The fraction of sp³-hybridized carbons (Fsp3) is 0.846. The molecule has 3 N–H and O–H groups in total. The number of carboxylic acids is 1. The van der Waals surface area contributed by atoms with Crippen molar-refractivity contribution in [3.8, 4) is 0 Å². The van der Waals surface area contributed by atoms with Gasteiger partial charge in [-0.1, -0.05) is 19.8 Å². The van der Waals surface area contributed by atoms with E-state index in [1.165, 1.54) is 4.90 Å². The lowest BCUT2D eigenvalue weighted by molar-refractivity contribution is -0.151. The van der Waals surface area contributed by atoms with E-state index in [1.54, 1.807) is 0 Å². The van der Waals surface area contributed by atoms with E-state index in [4.69, 9.17) is 10.8 Å². The zero-order valence-corrected chi connectivity index (χ0v) is 11.3. The largest absolute Gasteiger partial charge is 0.480 e. The topological polar surface area (TPSA) is 83.6 Å². The van der Waals surface area contributed by atoms with E-state index < -0.39 is 11.4 Å². The summed E-state index contributed by atoms with van der Waals surface area (Å²) in [4.78, 5) is 25.0. The van der Waals surface area contributed by atoms with Crippen LogP contribution in [-0.4, -0.2) is 41.0 Å². The lowest BCUT2D eigenvalue weighted by Crippen LogP contribution is -2.51. The summed E-state index contributed by atoms with van der Waals surface area (Å²) in [6.07, 6.45) is 4.33. The van der Waals surface area contributed by atoms with Crippen molar-refractivity contribution in [3.05, 3.63) is 0 Å². The molecule has 1 rings (SSSR count). The number of carbonyl (C=O) groups is 2. The quantitative estimate of drug-likeness (QED) is 0.748. The summed E-state index contributed by atoms with van der Waals surface area (Å²) in [5.41, 5.74) is 5.27. The standard InChI is InChI=1S/C13H24N2O3/c1-3-10(2)15(8-11(16)17)12(18)13(9-14)6-4-5-7-13/h10H,3-9,14H2,1-2H3,(H,16,17). The van der Waals surface area contributed by atoms with Crippen molar-refractivity contribution in [2.24, 2.45) is 11.1 Å². The lowest BCUT2D eigenvalue weighted by atomic mass is 9.84. The minimum atomic E-state index is -0.964. The molecule has 1 unspecified atom stereocenters. The molecular weight excluding hydrogens is 232 g/mol. The molecule has 1 saturated carbocycles. The monoisotopic (exact) mass is 256 g/mol. The molecule has 1 atom stereocenters. The van der Waals surface area contributed by atoms with Gasteiger partial charge in [-0.05, 0) is 26.2 Å². The molecule has 0 radical (unpaired) electrons. The van der Waals surface area contributed by atoms with Crippen molar-refractivity contribution in [1.82, 2.24) is 4.90 Å². The summed E-state index contributed by atoms with van der Waals surface area (Å²) in [5, 5.41) is 8.95. The summed E-state index contributed by atoms with van der Waals surface area (Å²) >= 11 is 0. The SMILES string of the molecule is CCC(C)N(CC(=O)O)C(=O)C1(CN)CCCC1. The molecular formula is C13H24N2O3. The fourth-order valence-corrected chi connectivity index (χ4v) is 2.66. The van der Waals surface area contributed by atoms with E-state index in [2.05, 4.69) is 0 Å². The Balaban J connectivity index is 2.89. The Labute approximate surface area is 108 Å². The van der Waals surface area contributed by atoms with Gasteiger partial charge in [0.05, 0.1) is 5.41 Å². The molecule has 0 aliphatic heterocycles. The number of hydrogen-bond donors (Lipinski definition) is 2. The van der Waals surface area contributed by atoms with Gasteiger partial charge in [0.2, 0.25) is 5.91 Å². The molecule has 18 heavy (non-hydrogen) atoms. The smallest absolute Gasteiger partial charge is 0.323 e. The first kappa shape index (κ1) is 15.0. The molecule has 0 spiro atoms. The maximum absolute atomic E-state index is 12.6. The summed E-state index contributed by atoms with van der Waals surface area (Å²) in [7, 11) is 0. The molecule has 0 saturated heterocycles. The highest BCUT2D eigenvalue weighted by Gasteiger charge is 2.43. The third-order valence-corrected chi connectivity index (χ3v) is 4.09. The van der Waals surface area contributed by atoms with E-state index in [9.17, 15) is 9.59 Å². The summed E-state index contributed by atoms with van der Waals surface area (Å²) in [5.74, 6) is -1.03. The number of hydrogen-bond acceptors (Lipinski definition) is 3. The fourth-order valence-electron chi connectivity index (χ4n) is 2.66. The van der Waals surface area contributed by atoms with Crippen molar-refractivity contribution in [3.63, 3.8) is 0 Å². The van der Waals surface area contributed by atoms with Crippen LogP contribution in [0.3, 0.4) is 0 Å². The van der Waals surface area contributed by atoms with E-state index in [0.29, 0.717) is 6.54 Å². The molecule has 0 aromatic heterocycles. The van der Waals surface area contributed by atoms with Crippen LogP contribution in [0.1, 0.15) is 46.0 Å². The average Bonchev–Trinajstić information content (AvgIpc) is 2.84. The zero-order valence-electron chi connectivity index (χ0n) is 11.3. The molecule has 0 aromatic carbocycles. The third kappa shape index (κ3) is 3.02. The number of amides is 1. The van der Waals surface area contributed by atoms with Gasteiger partial charge in [0.1, 0.15) is 6.54 Å². The third-order valence-electron chi connectivity index (χ3n) is 4.09. The Hall–Kier alpha value is -1.10. The normalized spacial score (nSPS) is 19.5. The number of nitrogens with zero attached hydrogens (tertiary/aromatic N) is 1. The number of rotatable bonds is 6. The Morgan fingerprint density at radius 2 is 1.94 bits per heavy atom. The van der Waals surface area contributed by atoms with Gasteiger partial charge in [0, 0.05) is 12.6 Å². The van der Waals surface area contributed by atoms with Gasteiger partial charge in [-0.25, -0.2) is 0 Å². The number of nitrogens with two attached hydrogens (primary N) is 1. The van der Waals surface area contributed by atoms with Crippen molar-refractivity contribution in [2.45, 2.75) is 52.0 Å². The van der Waals surface area contributed by atoms with Crippen LogP contribution in [0.5, 0.6) is 0 Å². The number of aliphatic carboxylic acids is 1. The van der Waals surface area contributed by atoms with Gasteiger partial charge in [0.25, 0.3) is 0 Å².